The van der Waals surface area contributed by atoms with Gasteiger partial charge in [-0.05, 0) is 66.7 Å². The number of fused-ring (bicyclic) bond motifs is 2. The Morgan fingerprint density at radius 1 is 1.16 bits per heavy atom. The fourth-order valence-corrected chi connectivity index (χ4v) is 8.51. The average molecular weight is 654 g/mol. The fraction of sp³-hybridized carbons (Fsp3) is 0.548. The molecule has 12 heteroatoms. The largest absolute Gasteiger partial charge is 0.338 e. The Balaban J connectivity index is 1.48. The summed E-state index contributed by atoms with van der Waals surface area (Å²) in [6, 6.07) is 8.58. The maximum Gasteiger partial charge on any atom is 0.317 e. The highest BCUT2D eigenvalue weighted by Gasteiger charge is 2.65. The Morgan fingerprint density at radius 2 is 1.86 bits per heavy atom. The van der Waals surface area contributed by atoms with Crippen LogP contribution in [0, 0.1) is 23.1 Å². The minimum absolute atomic E-state index is 0.0811. The van der Waals surface area contributed by atoms with E-state index < -0.39 is 27.3 Å². The lowest BCUT2D eigenvalue weighted by Crippen LogP contribution is -2.48. The number of hydrogen-bond acceptors (Lipinski definition) is 4. The first kappa shape index (κ1) is 32.0. The molecule has 2 aromatic rings. The number of amides is 3. The molecule has 3 amide bonds. The summed E-state index contributed by atoms with van der Waals surface area (Å²) in [7, 11) is -3.21. The van der Waals surface area contributed by atoms with Crippen LogP contribution in [0.4, 0.5) is 14.9 Å². The quantitative estimate of drug-likeness (QED) is 0.388. The van der Waals surface area contributed by atoms with E-state index in [0.29, 0.717) is 48.7 Å². The highest BCUT2D eigenvalue weighted by atomic mass is 35.5. The van der Waals surface area contributed by atoms with E-state index in [1.165, 1.54) is 16.6 Å². The van der Waals surface area contributed by atoms with Gasteiger partial charge in [-0.25, -0.2) is 21.9 Å². The maximum atomic E-state index is 15.9. The molecule has 5 rings (SSSR count). The number of rotatable bonds is 6. The number of carbonyl (C=O) groups excluding carboxylic acids is 2. The van der Waals surface area contributed by atoms with Gasteiger partial charge in [0, 0.05) is 42.5 Å². The molecule has 2 saturated heterocycles. The maximum absolute atomic E-state index is 15.9. The van der Waals surface area contributed by atoms with Crippen LogP contribution in [0.3, 0.4) is 0 Å². The van der Waals surface area contributed by atoms with Gasteiger partial charge in [0.25, 0.3) is 0 Å². The zero-order valence-corrected chi connectivity index (χ0v) is 27.3. The zero-order valence-electron chi connectivity index (χ0n) is 24.9. The first-order valence-corrected chi connectivity index (χ1v) is 17.3. The average Bonchev–Trinajstić information content (AvgIpc) is 3.39. The van der Waals surface area contributed by atoms with E-state index >= 15 is 4.39 Å². The number of piperidine rings is 1. The van der Waals surface area contributed by atoms with Crippen molar-refractivity contribution in [3.63, 3.8) is 0 Å². The minimum Gasteiger partial charge on any atom is -0.338 e. The Labute approximate surface area is 263 Å². The minimum atomic E-state index is -3.21. The molecule has 43 heavy (non-hydrogen) atoms. The van der Waals surface area contributed by atoms with Crippen LogP contribution in [-0.4, -0.2) is 62.0 Å². The number of anilines is 1. The van der Waals surface area contributed by atoms with Crippen LogP contribution in [0.25, 0.3) is 0 Å². The molecule has 3 aliphatic heterocycles. The molecule has 0 aromatic heterocycles. The van der Waals surface area contributed by atoms with E-state index in [-0.39, 0.29) is 46.3 Å². The van der Waals surface area contributed by atoms with Crippen molar-refractivity contribution in [2.24, 2.45) is 17.3 Å². The van der Waals surface area contributed by atoms with Gasteiger partial charge in [0.2, 0.25) is 15.9 Å². The Kier molecular flexibility index (Phi) is 8.81. The summed E-state index contributed by atoms with van der Waals surface area (Å²) in [6.45, 7) is 7.81. The summed E-state index contributed by atoms with van der Waals surface area (Å²) in [4.78, 5) is 29.8. The molecular formula is C31H39Cl2FN4O4S. The molecule has 0 radical (unpaired) electrons. The summed E-state index contributed by atoms with van der Waals surface area (Å²) in [5.74, 6) is -1.01. The third-order valence-electron chi connectivity index (χ3n) is 9.12. The van der Waals surface area contributed by atoms with E-state index in [1.807, 2.05) is 6.07 Å². The van der Waals surface area contributed by atoms with Crippen molar-refractivity contribution < 1.29 is 22.4 Å². The first-order chi connectivity index (χ1) is 20.1. The molecule has 3 aliphatic rings. The number of urea groups is 1. The van der Waals surface area contributed by atoms with Crippen LogP contribution in [0.5, 0.6) is 0 Å². The van der Waals surface area contributed by atoms with Crippen LogP contribution in [-0.2, 0) is 20.2 Å². The van der Waals surface area contributed by atoms with Gasteiger partial charge in [-0.1, -0.05) is 62.2 Å². The van der Waals surface area contributed by atoms with Gasteiger partial charge < -0.3 is 15.5 Å². The first-order valence-electron chi connectivity index (χ1n) is 14.7. The number of halogens is 3. The second-order valence-corrected chi connectivity index (χ2v) is 16.1. The third-order valence-corrected chi connectivity index (χ3v) is 11.0. The topological polar surface area (TPSA) is 98.8 Å². The predicted octanol–water partition coefficient (Wildman–Crippen LogP) is 6.20. The molecule has 2 aromatic carbocycles. The zero-order chi connectivity index (χ0) is 31.3. The van der Waals surface area contributed by atoms with Crippen molar-refractivity contribution in [2.75, 3.05) is 37.8 Å². The van der Waals surface area contributed by atoms with Crippen LogP contribution in [0.1, 0.15) is 63.6 Å². The number of carbonyl (C=O) groups is 2. The van der Waals surface area contributed by atoms with Crippen molar-refractivity contribution >= 4 is 50.9 Å². The van der Waals surface area contributed by atoms with Crippen molar-refractivity contribution in [2.45, 2.75) is 57.9 Å². The molecule has 0 bridgehead atoms. The van der Waals surface area contributed by atoms with Gasteiger partial charge in [-0.3, -0.25) is 4.79 Å². The number of sulfonamides is 1. The monoisotopic (exact) mass is 652 g/mol. The van der Waals surface area contributed by atoms with Gasteiger partial charge in [0.15, 0.2) is 0 Å². The van der Waals surface area contributed by atoms with Gasteiger partial charge in [0.1, 0.15) is 11.2 Å². The lowest BCUT2D eigenvalue weighted by Gasteiger charge is -2.38. The third kappa shape index (κ3) is 6.13. The van der Waals surface area contributed by atoms with E-state index in [1.54, 1.807) is 29.2 Å². The van der Waals surface area contributed by atoms with Gasteiger partial charge in [-0.2, -0.15) is 0 Å². The molecule has 0 aliphatic carbocycles. The number of benzene rings is 2. The highest BCUT2D eigenvalue weighted by Crippen LogP contribution is 2.60. The standard InChI is InChI=1S/C31H39Cl2FN4O4S/c1-30(2,3)17-20-18-38(29(40)35-13-10-19-11-14-37(15-12-19)43(4,41)42)27(22-6-5-7-24(33)26(22)34)31(20)23-9-8-21(32)16-25(23)36-28(31)39/h5-9,16,19-20,27H,10-15,17-18H2,1-4H3,(H,35,40)(H,36,39)/t20-,27-,31+/m1/s1. The van der Waals surface area contributed by atoms with Gasteiger partial charge in [0.05, 0.1) is 17.3 Å². The Morgan fingerprint density at radius 3 is 2.51 bits per heavy atom. The Hall–Kier alpha value is -2.40. The van der Waals surface area contributed by atoms with Crippen LogP contribution >= 0.6 is 23.2 Å². The van der Waals surface area contributed by atoms with Crippen LogP contribution in [0.2, 0.25) is 10.0 Å². The van der Waals surface area contributed by atoms with Crippen molar-refractivity contribution in [1.29, 1.82) is 0 Å². The number of nitrogens with zero attached hydrogens (tertiary/aromatic N) is 2. The van der Waals surface area contributed by atoms with Crippen LogP contribution in [0.15, 0.2) is 36.4 Å². The molecule has 8 nitrogen and oxygen atoms in total. The molecule has 0 unspecified atom stereocenters. The van der Waals surface area contributed by atoms with Crippen molar-refractivity contribution in [1.82, 2.24) is 14.5 Å². The summed E-state index contributed by atoms with van der Waals surface area (Å²) in [5, 5.41) is 6.41. The highest BCUT2D eigenvalue weighted by molar-refractivity contribution is 7.88. The summed E-state index contributed by atoms with van der Waals surface area (Å²) < 4.78 is 41.1. The van der Waals surface area contributed by atoms with Gasteiger partial charge >= 0.3 is 6.03 Å². The van der Waals surface area contributed by atoms with E-state index in [2.05, 4.69) is 31.4 Å². The lowest BCUT2D eigenvalue weighted by molar-refractivity contribution is -0.123. The number of likely N-dealkylation sites (tertiary alicyclic amines) is 1. The van der Waals surface area contributed by atoms with E-state index in [9.17, 15) is 18.0 Å². The second-order valence-electron chi connectivity index (χ2n) is 13.3. The Bertz CT molecular complexity index is 1520. The van der Waals surface area contributed by atoms with E-state index in [0.717, 1.165) is 12.8 Å². The van der Waals surface area contributed by atoms with Crippen molar-refractivity contribution in [3.05, 3.63) is 63.4 Å². The summed E-state index contributed by atoms with van der Waals surface area (Å²) in [6.07, 6.45) is 3.95. The molecule has 0 saturated carbocycles. The molecule has 2 N–H and O–H groups in total. The number of hydrogen-bond donors (Lipinski definition) is 2. The summed E-state index contributed by atoms with van der Waals surface area (Å²) in [5.41, 5.74) is -0.0305. The normalized spacial score (nSPS) is 24.8. The van der Waals surface area contributed by atoms with Gasteiger partial charge in [-0.15, -0.1) is 0 Å². The molecule has 1 spiro atoms. The summed E-state index contributed by atoms with van der Waals surface area (Å²) >= 11 is 12.6. The SMILES string of the molecule is CC(C)(C)C[C@@H]1CN(C(=O)NCCC2CCN(S(C)(=O)=O)CC2)[C@H](c2cccc(Cl)c2F)[C@]12C(=O)Nc1cc(Cl)ccc12. The van der Waals surface area contributed by atoms with E-state index in [4.69, 9.17) is 23.2 Å². The molecule has 234 valence electrons. The predicted molar refractivity (Wildman–Crippen MR) is 167 cm³/mol. The van der Waals surface area contributed by atoms with Crippen LogP contribution < -0.4 is 10.6 Å². The second kappa shape index (κ2) is 11.8. The fourth-order valence-electron chi connectivity index (χ4n) is 7.29. The molecule has 3 heterocycles. The number of nitrogens with one attached hydrogen (secondary N) is 2. The van der Waals surface area contributed by atoms with Crippen molar-refractivity contribution in [3.8, 4) is 0 Å². The molecule has 2 fully saturated rings. The lowest BCUT2D eigenvalue weighted by atomic mass is 9.63. The molecular weight excluding hydrogens is 614 g/mol. The molecule has 3 atom stereocenters. The smallest absolute Gasteiger partial charge is 0.317 e.